The smallest absolute Gasteiger partial charge is 0.160 e. The van der Waals surface area contributed by atoms with Gasteiger partial charge in [0.15, 0.2) is 11.6 Å². The Balaban J connectivity index is 1.12. The molecule has 0 aliphatic heterocycles. The highest BCUT2D eigenvalue weighted by Crippen LogP contribution is 2.43. The number of aromatic nitrogens is 4. The molecule has 0 saturated carbocycles. The first kappa shape index (κ1) is 33.1. The molecule has 11 rings (SSSR count). The first-order chi connectivity index (χ1) is 28.2. The standard InChI is InChI=1S/C51H32N4OS/c1-31-45(34-16-7-3-8-17-34)52-50(35-18-9-4-10-19-35)53-46(31)39-21-13-22-42-44(39)40-30-37(28-29-41(40)56-42)47-49-48(38-20-11-12-23-43(38)57-49)55-51(54-47)36-26-24-33(25-27-36)32-14-5-2-6-15-32/h2-30H,1H3. The second-order valence-corrected chi connectivity index (χ2v) is 15.3. The van der Waals surface area contributed by atoms with E-state index in [1.165, 1.54) is 10.3 Å². The molecule has 0 unspecified atom stereocenters. The van der Waals surface area contributed by atoms with Crippen LogP contribution in [0, 0.1) is 6.92 Å². The van der Waals surface area contributed by atoms with Crippen LogP contribution in [0.25, 0.3) is 110 Å². The highest BCUT2D eigenvalue weighted by Gasteiger charge is 2.22. The Bertz CT molecular complexity index is 3280. The maximum atomic E-state index is 6.58. The van der Waals surface area contributed by atoms with Crippen LogP contribution in [-0.4, -0.2) is 19.9 Å². The van der Waals surface area contributed by atoms with Crippen LogP contribution in [0.3, 0.4) is 0 Å². The van der Waals surface area contributed by atoms with Crippen LogP contribution in [0.2, 0.25) is 0 Å². The van der Waals surface area contributed by atoms with E-state index >= 15 is 0 Å². The molecule has 0 atom stereocenters. The summed E-state index contributed by atoms with van der Waals surface area (Å²) in [5.74, 6) is 1.37. The van der Waals surface area contributed by atoms with E-state index in [0.29, 0.717) is 11.6 Å². The van der Waals surface area contributed by atoms with Crippen molar-refractivity contribution in [3.05, 3.63) is 181 Å². The molecule has 4 heterocycles. The van der Waals surface area contributed by atoms with Gasteiger partial charge < -0.3 is 4.42 Å². The number of thiophene rings is 1. The van der Waals surface area contributed by atoms with Crippen molar-refractivity contribution in [2.24, 2.45) is 0 Å². The summed E-state index contributed by atoms with van der Waals surface area (Å²) in [6.07, 6.45) is 0. The van der Waals surface area contributed by atoms with E-state index in [1.807, 2.05) is 42.5 Å². The highest BCUT2D eigenvalue weighted by atomic mass is 32.1. The normalized spacial score (nSPS) is 11.6. The monoisotopic (exact) mass is 748 g/mol. The summed E-state index contributed by atoms with van der Waals surface area (Å²) in [5.41, 5.74) is 13.5. The molecule has 11 aromatic rings. The molecule has 0 aliphatic carbocycles. The molecular formula is C51H32N4OS. The van der Waals surface area contributed by atoms with Gasteiger partial charge in [-0.05, 0) is 48.4 Å². The van der Waals surface area contributed by atoms with Gasteiger partial charge in [0.25, 0.3) is 0 Å². The lowest BCUT2D eigenvalue weighted by Crippen LogP contribution is -2.00. The van der Waals surface area contributed by atoms with Crippen molar-refractivity contribution in [1.82, 2.24) is 19.9 Å². The van der Waals surface area contributed by atoms with E-state index in [-0.39, 0.29) is 0 Å². The van der Waals surface area contributed by atoms with Gasteiger partial charge in [-0.2, -0.15) is 0 Å². The first-order valence-electron chi connectivity index (χ1n) is 19.0. The van der Waals surface area contributed by atoms with Crippen molar-refractivity contribution in [2.45, 2.75) is 6.92 Å². The van der Waals surface area contributed by atoms with E-state index in [1.54, 1.807) is 11.3 Å². The Morgan fingerprint density at radius 3 is 1.77 bits per heavy atom. The van der Waals surface area contributed by atoms with Gasteiger partial charge in [-0.15, -0.1) is 11.3 Å². The zero-order chi connectivity index (χ0) is 37.9. The lowest BCUT2D eigenvalue weighted by atomic mass is 9.96. The Kier molecular flexibility index (Phi) is 7.83. The van der Waals surface area contributed by atoms with E-state index in [9.17, 15) is 0 Å². The van der Waals surface area contributed by atoms with Gasteiger partial charge in [-0.1, -0.05) is 146 Å². The Hall–Kier alpha value is -7.28. The Morgan fingerprint density at radius 2 is 1.00 bits per heavy atom. The molecule has 0 radical (unpaired) electrons. The Morgan fingerprint density at radius 1 is 0.421 bits per heavy atom. The third kappa shape index (κ3) is 5.69. The van der Waals surface area contributed by atoms with Crippen molar-refractivity contribution in [3.63, 3.8) is 0 Å². The number of benzene rings is 7. The second kappa shape index (κ2) is 13.5. The van der Waals surface area contributed by atoms with Crippen LogP contribution >= 0.6 is 11.3 Å². The fraction of sp³-hybridized carbons (Fsp3) is 0.0196. The van der Waals surface area contributed by atoms with Crippen molar-refractivity contribution in [1.29, 1.82) is 0 Å². The fourth-order valence-corrected chi connectivity index (χ4v) is 9.06. The van der Waals surface area contributed by atoms with Crippen molar-refractivity contribution in [2.75, 3.05) is 0 Å². The summed E-state index contributed by atoms with van der Waals surface area (Å²) in [7, 11) is 0. The largest absolute Gasteiger partial charge is 0.456 e. The molecule has 6 heteroatoms. The number of nitrogens with zero attached hydrogens (tertiary/aromatic N) is 4. The van der Waals surface area contributed by atoms with E-state index < -0.39 is 0 Å². The quantitative estimate of drug-likeness (QED) is 0.169. The lowest BCUT2D eigenvalue weighted by molar-refractivity contribution is 0.669. The topological polar surface area (TPSA) is 64.7 Å². The van der Waals surface area contributed by atoms with Crippen LogP contribution < -0.4 is 0 Å². The number of hydrogen-bond acceptors (Lipinski definition) is 6. The summed E-state index contributed by atoms with van der Waals surface area (Å²) in [4.78, 5) is 21.0. The third-order valence-corrected chi connectivity index (χ3v) is 11.9. The lowest BCUT2D eigenvalue weighted by Gasteiger charge is -2.14. The van der Waals surface area contributed by atoms with Crippen molar-refractivity contribution < 1.29 is 4.42 Å². The van der Waals surface area contributed by atoms with Crippen molar-refractivity contribution in [3.8, 4) is 67.7 Å². The molecular weight excluding hydrogens is 717 g/mol. The first-order valence-corrected chi connectivity index (χ1v) is 19.8. The van der Waals surface area contributed by atoms with Crippen LogP contribution in [0.1, 0.15) is 5.56 Å². The minimum atomic E-state index is 0.679. The van der Waals surface area contributed by atoms with Gasteiger partial charge in [0.1, 0.15) is 11.2 Å². The molecule has 268 valence electrons. The zero-order valence-electron chi connectivity index (χ0n) is 30.8. The van der Waals surface area contributed by atoms with E-state index in [4.69, 9.17) is 24.4 Å². The summed E-state index contributed by atoms with van der Waals surface area (Å²) < 4.78 is 8.81. The molecule has 0 aliphatic rings. The third-order valence-electron chi connectivity index (χ3n) is 10.7. The van der Waals surface area contributed by atoms with Gasteiger partial charge in [0, 0.05) is 54.2 Å². The second-order valence-electron chi connectivity index (χ2n) is 14.2. The molecule has 0 saturated heterocycles. The predicted molar refractivity (Wildman–Crippen MR) is 235 cm³/mol. The zero-order valence-corrected chi connectivity index (χ0v) is 31.7. The minimum absolute atomic E-state index is 0.679. The maximum Gasteiger partial charge on any atom is 0.160 e. The molecule has 57 heavy (non-hydrogen) atoms. The van der Waals surface area contributed by atoms with Gasteiger partial charge in [0.05, 0.1) is 27.3 Å². The van der Waals surface area contributed by atoms with Crippen molar-refractivity contribution >= 4 is 53.6 Å². The SMILES string of the molecule is Cc1c(-c2ccccc2)nc(-c2ccccc2)nc1-c1cccc2oc3ccc(-c4nc(-c5ccc(-c6ccccc6)cc5)nc5c4sc4ccccc45)cc3c12. The maximum absolute atomic E-state index is 6.58. The minimum Gasteiger partial charge on any atom is -0.456 e. The number of fused-ring (bicyclic) bond motifs is 6. The molecule has 0 spiro atoms. The molecule has 0 fully saturated rings. The van der Waals surface area contributed by atoms with Gasteiger partial charge in [-0.25, -0.2) is 19.9 Å². The molecule has 0 amide bonds. The molecule has 5 nitrogen and oxygen atoms in total. The average Bonchev–Trinajstić information content (AvgIpc) is 3.85. The van der Waals surface area contributed by atoms with Crippen LogP contribution in [0.5, 0.6) is 0 Å². The number of rotatable bonds is 6. The predicted octanol–water partition coefficient (Wildman–Crippen LogP) is 13.8. The van der Waals surface area contributed by atoms with Crippen LogP contribution in [0.4, 0.5) is 0 Å². The van der Waals surface area contributed by atoms with Crippen LogP contribution in [-0.2, 0) is 0 Å². The number of hydrogen-bond donors (Lipinski definition) is 0. The summed E-state index contributed by atoms with van der Waals surface area (Å²) >= 11 is 1.73. The highest BCUT2D eigenvalue weighted by molar-refractivity contribution is 7.26. The van der Waals surface area contributed by atoms with Gasteiger partial charge in [-0.3, -0.25) is 0 Å². The number of furan rings is 1. The summed E-state index contributed by atoms with van der Waals surface area (Å²) in [6, 6.07) is 60.7. The molecule has 0 bridgehead atoms. The molecule has 7 aromatic carbocycles. The van der Waals surface area contributed by atoms with E-state index in [0.717, 1.165) is 93.6 Å². The average molecular weight is 749 g/mol. The van der Waals surface area contributed by atoms with Gasteiger partial charge >= 0.3 is 0 Å². The Labute approximate surface area is 332 Å². The molecule has 0 N–H and O–H groups in total. The van der Waals surface area contributed by atoms with Gasteiger partial charge in [0.2, 0.25) is 0 Å². The van der Waals surface area contributed by atoms with E-state index in [2.05, 4.69) is 140 Å². The summed E-state index contributed by atoms with van der Waals surface area (Å²) in [5, 5.41) is 3.14. The summed E-state index contributed by atoms with van der Waals surface area (Å²) in [6.45, 7) is 2.12. The van der Waals surface area contributed by atoms with Crippen LogP contribution in [0.15, 0.2) is 180 Å². The molecule has 4 aromatic heterocycles. The fourth-order valence-electron chi connectivity index (χ4n) is 7.90.